The quantitative estimate of drug-likeness (QED) is 0.862. The van der Waals surface area contributed by atoms with Crippen molar-refractivity contribution in [3.05, 3.63) is 34.3 Å². The van der Waals surface area contributed by atoms with Crippen molar-refractivity contribution in [1.29, 1.82) is 0 Å². The summed E-state index contributed by atoms with van der Waals surface area (Å²) in [5.41, 5.74) is 0.282. The molecule has 0 bridgehead atoms. The van der Waals surface area contributed by atoms with Crippen LogP contribution < -0.4 is 0 Å². The molecular weight excluding hydrogens is 337 g/mol. The maximum atomic E-state index is 13.9. The number of thioether (sulfide) groups is 1. The van der Waals surface area contributed by atoms with Crippen LogP contribution >= 0.6 is 27.7 Å². The summed E-state index contributed by atoms with van der Waals surface area (Å²) in [6.07, 6.45) is 0. The molecule has 0 aliphatic rings. The lowest BCUT2D eigenvalue weighted by atomic mass is 10.3. The monoisotopic (exact) mass is 345 g/mol. The lowest BCUT2D eigenvalue weighted by Crippen LogP contribution is -2.04. The standard InChI is InChI=1S/C11H9BrFN3O2S/c1-6-14-15-11(19-5-10(17)18)16(6)9-4-7(12)2-3-8(9)13/h2-4H,5H2,1H3,(H,17,18). The van der Waals surface area contributed by atoms with Gasteiger partial charge in [-0.05, 0) is 25.1 Å². The molecule has 2 rings (SSSR count). The molecule has 0 fully saturated rings. The van der Waals surface area contributed by atoms with Gasteiger partial charge in [-0.25, -0.2) is 4.39 Å². The number of carboxylic acid groups (broad SMARTS) is 1. The van der Waals surface area contributed by atoms with Crippen LogP contribution in [0.3, 0.4) is 0 Å². The smallest absolute Gasteiger partial charge is 0.313 e. The second-order valence-electron chi connectivity index (χ2n) is 3.64. The molecule has 0 atom stereocenters. The predicted molar refractivity (Wildman–Crippen MR) is 72.1 cm³/mol. The lowest BCUT2D eigenvalue weighted by molar-refractivity contribution is -0.133. The molecule has 100 valence electrons. The number of carbonyl (C=O) groups is 1. The van der Waals surface area contributed by atoms with Gasteiger partial charge in [-0.15, -0.1) is 10.2 Å². The van der Waals surface area contributed by atoms with E-state index in [0.29, 0.717) is 15.5 Å². The Hall–Kier alpha value is -1.41. The summed E-state index contributed by atoms with van der Waals surface area (Å²) >= 11 is 4.26. The topological polar surface area (TPSA) is 68.0 Å². The van der Waals surface area contributed by atoms with E-state index in [4.69, 9.17) is 5.11 Å². The molecule has 1 N–H and O–H groups in total. The summed E-state index contributed by atoms with van der Waals surface area (Å²) in [5.74, 6) is -1.06. The van der Waals surface area contributed by atoms with E-state index >= 15 is 0 Å². The highest BCUT2D eigenvalue weighted by molar-refractivity contribution is 9.10. The van der Waals surface area contributed by atoms with E-state index in [2.05, 4.69) is 26.1 Å². The Bertz CT molecular complexity index is 632. The summed E-state index contributed by atoms with van der Waals surface area (Å²) in [6, 6.07) is 4.50. The van der Waals surface area contributed by atoms with Crippen molar-refractivity contribution >= 4 is 33.7 Å². The van der Waals surface area contributed by atoms with Crippen LogP contribution in [-0.2, 0) is 4.79 Å². The Morgan fingerprint density at radius 2 is 2.26 bits per heavy atom. The molecule has 2 aromatic rings. The van der Waals surface area contributed by atoms with Crippen molar-refractivity contribution in [2.75, 3.05) is 5.75 Å². The normalized spacial score (nSPS) is 10.7. The van der Waals surface area contributed by atoms with Crippen molar-refractivity contribution in [2.45, 2.75) is 12.1 Å². The molecule has 19 heavy (non-hydrogen) atoms. The SMILES string of the molecule is Cc1nnc(SCC(=O)O)n1-c1cc(Br)ccc1F. The minimum Gasteiger partial charge on any atom is -0.481 e. The van der Waals surface area contributed by atoms with Crippen LogP contribution in [0, 0.1) is 12.7 Å². The van der Waals surface area contributed by atoms with E-state index in [1.54, 1.807) is 19.1 Å². The molecule has 0 amide bonds. The zero-order valence-electron chi connectivity index (χ0n) is 9.80. The third-order valence-electron chi connectivity index (χ3n) is 2.27. The zero-order chi connectivity index (χ0) is 14.0. The third kappa shape index (κ3) is 3.13. The molecule has 0 saturated carbocycles. The number of nitrogens with zero attached hydrogens (tertiary/aromatic N) is 3. The molecular formula is C11H9BrFN3O2S. The number of aromatic nitrogens is 3. The molecule has 5 nitrogen and oxygen atoms in total. The molecule has 0 saturated heterocycles. The summed E-state index contributed by atoms with van der Waals surface area (Å²) in [5, 5.41) is 16.8. The van der Waals surface area contributed by atoms with Crippen molar-refractivity contribution in [2.24, 2.45) is 0 Å². The number of aryl methyl sites for hydroxylation is 1. The second-order valence-corrected chi connectivity index (χ2v) is 5.50. The first-order chi connectivity index (χ1) is 8.99. The van der Waals surface area contributed by atoms with E-state index < -0.39 is 11.8 Å². The van der Waals surface area contributed by atoms with Gasteiger partial charge < -0.3 is 5.11 Å². The molecule has 0 aliphatic carbocycles. The van der Waals surface area contributed by atoms with Crippen molar-refractivity contribution in [1.82, 2.24) is 14.8 Å². The number of carboxylic acids is 1. The fourth-order valence-electron chi connectivity index (χ4n) is 1.50. The highest BCUT2D eigenvalue weighted by atomic mass is 79.9. The van der Waals surface area contributed by atoms with Crippen LogP contribution in [0.25, 0.3) is 5.69 Å². The van der Waals surface area contributed by atoms with Crippen LogP contribution in [0.1, 0.15) is 5.82 Å². The average Bonchev–Trinajstić information content (AvgIpc) is 2.71. The lowest BCUT2D eigenvalue weighted by Gasteiger charge is -2.09. The number of aliphatic carboxylic acids is 1. The van der Waals surface area contributed by atoms with Gasteiger partial charge in [-0.3, -0.25) is 9.36 Å². The van der Waals surface area contributed by atoms with Crippen molar-refractivity contribution in [3.63, 3.8) is 0 Å². The molecule has 8 heteroatoms. The average molecular weight is 346 g/mol. The first-order valence-electron chi connectivity index (χ1n) is 5.21. The number of rotatable bonds is 4. The minimum atomic E-state index is -0.966. The van der Waals surface area contributed by atoms with Gasteiger partial charge in [-0.1, -0.05) is 27.7 Å². The van der Waals surface area contributed by atoms with Crippen LogP contribution in [0.5, 0.6) is 0 Å². The molecule has 0 spiro atoms. The van der Waals surface area contributed by atoms with Gasteiger partial charge in [0, 0.05) is 4.47 Å². The molecule has 1 aromatic heterocycles. The first-order valence-corrected chi connectivity index (χ1v) is 6.99. The van der Waals surface area contributed by atoms with Crippen LogP contribution in [0.4, 0.5) is 4.39 Å². The predicted octanol–water partition coefficient (Wildman–Crippen LogP) is 2.65. The van der Waals surface area contributed by atoms with Crippen LogP contribution in [-0.4, -0.2) is 31.6 Å². The summed E-state index contributed by atoms with van der Waals surface area (Å²) in [7, 11) is 0. The highest BCUT2D eigenvalue weighted by Crippen LogP contribution is 2.25. The van der Waals surface area contributed by atoms with Gasteiger partial charge in [0.1, 0.15) is 11.6 Å². The second kappa shape index (κ2) is 5.70. The Morgan fingerprint density at radius 3 is 2.95 bits per heavy atom. The van der Waals surface area contributed by atoms with Gasteiger partial charge in [-0.2, -0.15) is 0 Å². The van der Waals surface area contributed by atoms with E-state index in [1.807, 2.05) is 0 Å². The molecule has 1 aromatic carbocycles. The van der Waals surface area contributed by atoms with Crippen LogP contribution in [0.15, 0.2) is 27.8 Å². The summed E-state index contributed by atoms with van der Waals surface area (Å²) < 4.78 is 16.1. The molecule has 1 heterocycles. The molecule has 0 aliphatic heterocycles. The maximum Gasteiger partial charge on any atom is 0.313 e. The number of hydrogen-bond acceptors (Lipinski definition) is 4. The Kier molecular flexibility index (Phi) is 4.20. The number of hydrogen-bond donors (Lipinski definition) is 1. The number of halogens is 2. The summed E-state index contributed by atoms with van der Waals surface area (Å²) in [6.45, 7) is 1.68. The van der Waals surface area contributed by atoms with Gasteiger partial charge in [0.15, 0.2) is 5.16 Å². The van der Waals surface area contributed by atoms with E-state index in [9.17, 15) is 9.18 Å². The first kappa shape index (κ1) is 14.0. The Labute approximate surface area is 121 Å². The third-order valence-corrected chi connectivity index (χ3v) is 3.68. The van der Waals surface area contributed by atoms with Gasteiger partial charge in [0.25, 0.3) is 0 Å². The van der Waals surface area contributed by atoms with E-state index in [-0.39, 0.29) is 11.4 Å². The fraction of sp³-hybridized carbons (Fsp3) is 0.182. The number of benzene rings is 1. The molecule has 0 radical (unpaired) electrons. The fourth-order valence-corrected chi connectivity index (χ4v) is 2.56. The zero-order valence-corrected chi connectivity index (χ0v) is 12.2. The summed E-state index contributed by atoms with van der Waals surface area (Å²) in [4.78, 5) is 10.6. The maximum absolute atomic E-state index is 13.9. The van der Waals surface area contributed by atoms with Gasteiger partial charge in [0.05, 0.1) is 11.4 Å². The highest BCUT2D eigenvalue weighted by Gasteiger charge is 2.16. The Balaban J connectivity index is 2.46. The Morgan fingerprint density at radius 1 is 1.53 bits per heavy atom. The molecule has 0 unspecified atom stereocenters. The van der Waals surface area contributed by atoms with Gasteiger partial charge >= 0.3 is 5.97 Å². The van der Waals surface area contributed by atoms with Crippen molar-refractivity contribution in [3.8, 4) is 5.69 Å². The minimum absolute atomic E-state index is 0.159. The van der Waals surface area contributed by atoms with Gasteiger partial charge in [0.2, 0.25) is 0 Å². The largest absolute Gasteiger partial charge is 0.481 e. The van der Waals surface area contributed by atoms with Crippen LogP contribution in [0.2, 0.25) is 0 Å². The van der Waals surface area contributed by atoms with E-state index in [1.165, 1.54) is 10.6 Å². The van der Waals surface area contributed by atoms with Crippen molar-refractivity contribution < 1.29 is 14.3 Å². The van der Waals surface area contributed by atoms with E-state index in [0.717, 1.165) is 11.8 Å².